The van der Waals surface area contributed by atoms with Gasteiger partial charge in [-0.3, -0.25) is 4.98 Å². The summed E-state index contributed by atoms with van der Waals surface area (Å²) in [7, 11) is 0. The van der Waals surface area contributed by atoms with Crippen molar-refractivity contribution < 1.29 is 0 Å². The van der Waals surface area contributed by atoms with Gasteiger partial charge in [-0.05, 0) is 34.4 Å². The zero-order valence-electron chi connectivity index (χ0n) is 15.1. The number of nitrogens with zero attached hydrogens (tertiary/aromatic N) is 1. The molecule has 27 heavy (non-hydrogen) atoms. The van der Waals surface area contributed by atoms with Gasteiger partial charge in [-0.25, -0.2) is 0 Å². The lowest BCUT2D eigenvalue weighted by molar-refractivity contribution is 0.962. The Balaban J connectivity index is 1.64. The summed E-state index contributed by atoms with van der Waals surface area (Å²) >= 11 is 0. The molecule has 1 aromatic heterocycles. The molecule has 4 rings (SSSR count). The first kappa shape index (κ1) is 17.0. The van der Waals surface area contributed by atoms with Crippen LogP contribution in [0.2, 0.25) is 0 Å². The van der Waals surface area contributed by atoms with E-state index < -0.39 is 0 Å². The zero-order chi connectivity index (χ0) is 18.3. The van der Waals surface area contributed by atoms with E-state index in [-0.39, 0.29) is 5.92 Å². The predicted octanol–water partition coefficient (Wildman–Crippen LogP) is 6.43. The molecule has 0 bridgehead atoms. The molecule has 0 aliphatic rings. The van der Waals surface area contributed by atoms with E-state index in [1.54, 1.807) is 0 Å². The molecule has 0 spiro atoms. The molecular weight excluding hydrogens is 326 g/mol. The number of pyridine rings is 1. The maximum Gasteiger partial charge on any atom is 0.0630 e. The fourth-order valence-corrected chi connectivity index (χ4v) is 3.30. The Kier molecular flexibility index (Phi) is 5.21. The van der Waals surface area contributed by atoms with Gasteiger partial charge in [0.1, 0.15) is 0 Å². The molecule has 0 aliphatic carbocycles. The van der Waals surface area contributed by atoms with Crippen LogP contribution < -0.4 is 0 Å². The quantitative estimate of drug-likeness (QED) is 0.405. The van der Waals surface area contributed by atoms with E-state index >= 15 is 0 Å². The highest BCUT2D eigenvalue weighted by Crippen LogP contribution is 2.31. The smallest absolute Gasteiger partial charge is 0.0630 e. The fraction of sp³-hybridized carbons (Fsp3) is 0.0385. The molecule has 1 heterocycles. The van der Waals surface area contributed by atoms with E-state index in [9.17, 15) is 0 Å². The first-order chi connectivity index (χ1) is 13.4. The molecule has 0 amide bonds. The molecule has 0 saturated heterocycles. The van der Waals surface area contributed by atoms with Gasteiger partial charge in [0, 0.05) is 12.1 Å². The Hall–Kier alpha value is -3.45. The third kappa shape index (κ3) is 4.21. The van der Waals surface area contributed by atoms with Gasteiger partial charge in [0.2, 0.25) is 0 Å². The summed E-state index contributed by atoms with van der Waals surface area (Å²) in [6, 6.07) is 35.8. The van der Waals surface area contributed by atoms with E-state index in [1.807, 2.05) is 24.4 Å². The van der Waals surface area contributed by atoms with Crippen molar-refractivity contribution in [1.82, 2.24) is 4.98 Å². The first-order valence-electron chi connectivity index (χ1n) is 9.19. The second-order valence-electron chi connectivity index (χ2n) is 6.51. The molecule has 0 N–H and O–H groups in total. The van der Waals surface area contributed by atoms with Gasteiger partial charge < -0.3 is 0 Å². The summed E-state index contributed by atoms with van der Waals surface area (Å²) in [5.74, 6) is 0.187. The van der Waals surface area contributed by atoms with E-state index in [0.717, 1.165) is 5.69 Å². The van der Waals surface area contributed by atoms with Crippen LogP contribution in [0.4, 0.5) is 0 Å². The Morgan fingerprint density at radius 3 is 1.59 bits per heavy atom. The van der Waals surface area contributed by atoms with Crippen molar-refractivity contribution in [3.8, 4) is 0 Å². The van der Waals surface area contributed by atoms with Crippen LogP contribution >= 0.6 is 0 Å². The molecule has 4 aromatic rings. The minimum absolute atomic E-state index is 0.187. The molecule has 0 saturated carbocycles. The summed E-state index contributed by atoms with van der Waals surface area (Å²) < 4.78 is 0. The van der Waals surface area contributed by atoms with Crippen molar-refractivity contribution in [2.24, 2.45) is 0 Å². The lowest BCUT2D eigenvalue weighted by atomic mass is 9.86. The molecule has 1 heteroatoms. The summed E-state index contributed by atoms with van der Waals surface area (Å²) in [6.45, 7) is 0. The van der Waals surface area contributed by atoms with Crippen LogP contribution in [0.25, 0.3) is 12.2 Å². The lowest BCUT2D eigenvalue weighted by Crippen LogP contribution is -2.03. The number of benzene rings is 3. The Bertz CT molecular complexity index is 949. The number of rotatable bonds is 5. The van der Waals surface area contributed by atoms with Gasteiger partial charge in [0.25, 0.3) is 0 Å². The average molecular weight is 347 g/mol. The minimum Gasteiger partial charge on any atom is -0.257 e. The van der Waals surface area contributed by atoms with Crippen LogP contribution in [0.15, 0.2) is 109 Å². The van der Waals surface area contributed by atoms with Crippen molar-refractivity contribution >= 4 is 12.2 Å². The molecule has 0 unspecified atom stereocenters. The zero-order valence-corrected chi connectivity index (χ0v) is 15.1. The van der Waals surface area contributed by atoms with E-state index in [0.29, 0.717) is 0 Å². The fourth-order valence-electron chi connectivity index (χ4n) is 3.30. The van der Waals surface area contributed by atoms with E-state index in [4.69, 9.17) is 0 Å². The Morgan fingerprint density at radius 2 is 1.07 bits per heavy atom. The molecule has 0 aliphatic heterocycles. The van der Waals surface area contributed by atoms with Crippen molar-refractivity contribution in [2.45, 2.75) is 5.92 Å². The van der Waals surface area contributed by atoms with Gasteiger partial charge in [-0.2, -0.15) is 0 Å². The highest BCUT2D eigenvalue weighted by molar-refractivity contribution is 5.67. The lowest BCUT2D eigenvalue weighted by Gasteiger charge is -2.18. The number of aromatic nitrogens is 1. The summed E-state index contributed by atoms with van der Waals surface area (Å²) in [5, 5.41) is 0. The van der Waals surface area contributed by atoms with Crippen LogP contribution in [0, 0.1) is 0 Å². The molecule has 1 nitrogen and oxygen atoms in total. The van der Waals surface area contributed by atoms with E-state index in [2.05, 4.69) is 102 Å². The third-order valence-corrected chi connectivity index (χ3v) is 4.65. The summed E-state index contributed by atoms with van der Waals surface area (Å²) in [4.78, 5) is 4.68. The number of hydrogen-bond acceptors (Lipinski definition) is 1. The van der Waals surface area contributed by atoms with Crippen LogP contribution in [-0.4, -0.2) is 4.98 Å². The molecule has 0 fully saturated rings. The molecule has 3 aromatic carbocycles. The highest BCUT2D eigenvalue weighted by atomic mass is 14.7. The van der Waals surface area contributed by atoms with Crippen LogP contribution in [-0.2, 0) is 0 Å². The molecule has 0 atom stereocenters. The topological polar surface area (TPSA) is 12.9 Å². The molecule has 130 valence electrons. The van der Waals surface area contributed by atoms with Crippen LogP contribution in [0.1, 0.15) is 33.9 Å². The molecule has 0 radical (unpaired) electrons. The van der Waals surface area contributed by atoms with Crippen molar-refractivity contribution in [3.05, 3.63) is 137 Å². The standard InChI is InChI=1S/C26H21N/c1-4-10-21(11-5-1)16-18-25-19-17-24(20-27-25)26(22-12-6-2-7-13-22)23-14-8-3-9-15-23/h1-20,26H. The van der Waals surface area contributed by atoms with Gasteiger partial charge in [-0.1, -0.05) is 103 Å². The van der Waals surface area contributed by atoms with Crippen LogP contribution in [0.5, 0.6) is 0 Å². The van der Waals surface area contributed by atoms with Gasteiger partial charge in [0.05, 0.1) is 5.69 Å². The Labute approximate surface area is 160 Å². The number of hydrogen-bond donors (Lipinski definition) is 0. The third-order valence-electron chi connectivity index (χ3n) is 4.65. The summed E-state index contributed by atoms with van der Waals surface area (Å²) in [6.07, 6.45) is 6.14. The van der Waals surface area contributed by atoms with Crippen LogP contribution in [0.3, 0.4) is 0 Å². The average Bonchev–Trinajstić information content (AvgIpc) is 2.76. The maximum atomic E-state index is 4.68. The largest absolute Gasteiger partial charge is 0.257 e. The van der Waals surface area contributed by atoms with Gasteiger partial charge in [-0.15, -0.1) is 0 Å². The second-order valence-corrected chi connectivity index (χ2v) is 6.51. The first-order valence-corrected chi connectivity index (χ1v) is 9.19. The van der Waals surface area contributed by atoms with Gasteiger partial charge in [0.15, 0.2) is 0 Å². The SMILES string of the molecule is C(=Cc1ccc(C(c2ccccc2)c2ccccc2)cn1)c1ccccc1. The second kappa shape index (κ2) is 8.29. The monoisotopic (exact) mass is 347 g/mol. The van der Waals surface area contributed by atoms with E-state index in [1.165, 1.54) is 22.3 Å². The molecular formula is C26H21N. The predicted molar refractivity (Wildman–Crippen MR) is 113 cm³/mol. The van der Waals surface area contributed by atoms with Crippen molar-refractivity contribution in [1.29, 1.82) is 0 Å². The normalized spacial score (nSPS) is 11.1. The van der Waals surface area contributed by atoms with Crippen molar-refractivity contribution in [2.75, 3.05) is 0 Å². The maximum absolute atomic E-state index is 4.68. The minimum atomic E-state index is 0.187. The van der Waals surface area contributed by atoms with Crippen molar-refractivity contribution in [3.63, 3.8) is 0 Å². The van der Waals surface area contributed by atoms with Gasteiger partial charge >= 0.3 is 0 Å². The Morgan fingerprint density at radius 1 is 0.519 bits per heavy atom. The summed E-state index contributed by atoms with van der Waals surface area (Å²) in [5.41, 5.74) is 5.89. The highest BCUT2D eigenvalue weighted by Gasteiger charge is 2.16.